The monoisotopic (exact) mass is 340 g/mol. The zero-order valence-electron chi connectivity index (χ0n) is 11.4. The van der Waals surface area contributed by atoms with Gasteiger partial charge in [-0.15, -0.1) is 3.89 Å². The first-order valence-electron chi connectivity index (χ1n) is 6.50. The van der Waals surface area contributed by atoms with Gasteiger partial charge in [0.25, 0.3) is 11.8 Å². The van der Waals surface area contributed by atoms with Crippen LogP contribution in [-0.4, -0.2) is 43.0 Å². The van der Waals surface area contributed by atoms with Gasteiger partial charge in [0.15, 0.2) is 0 Å². The zero-order chi connectivity index (χ0) is 16.9. The van der Waals surface area contributed by atoms with Crippen LogP contribution in [0.25, 0.3) is 0 Å². The van der Waals surface area contributed by atoms with E-state index in [1.165, 1.54) is 0 Å². The Balaban J connectivity index is 2.01. The van der Waals surface area contributed by atoms with Crippen molar-refractivity contribution in [1.82, 2.24) is 10.2 Å². The van der Waals surface area contributed by atoms with E-state index in [4.69, 9.17) is 0 Å². The molecular weight excluding hydrogens is 331 g/mol. The van der Waals surface area contributed by atoms with Gasteiger partial charge in [0.2, 0.25) is 11.8 Å². The lowest BCUT2D eigenvalue weighted by molar-refractivity contribution is -0.136. The van der Waals surface area contributed by atoms with Crippen molar-refractivity contribution in [2.75, 3.05) is 0 Å². The molecule has 2 aliphatic heterocycles. The van der Waals surface area contributed by atoms with Crippen molar-refractivity contribution < 1.29 is 31.5 Å². The average molecular weight is 340 g/mol. The number of rotatable bonds is 2. The molecule has 1 unspecified atom stereocenters. The van der Waals surface area contributed by atoms with Gasteiger partial charge in [-0.1, -0.05) is 0 Å². The van der Waals surface area contributed by atoms with E-state index in [-0.39, 0.29) is 24.0 Å². The van der Waals surface area contributed by atoms with Crippen LogP contribution in [0.3, 0.4) is 0 Å². The van der Waals surface area contributed by atoms with Gasteiger partial charge in [-0.05, 0) is 24.6 Å². The molecule has 0 aromatic heterocycles. The molecule has 1 N–H and O–H groups in total. The van der Waals surface area contributed by atoms with E-state index in [9.17, 15) is 31.5 Å². The third kappa shape index (κ3) is 2.40. The molecule has 0 radical (unpaired) electrons. The second kappa shape index (κ2) is 4.95. The molecule has 120 valence electrons. The Morgan fingerprint density at radius 2 is 1.74 bits per heavy atom. The van der Waals surface area contributed by atoms with Crippen molar-refractivity contribution in [2.24, 2.45) is 0 Å². The molecule has 1 aromatic carbocycles. The van der Waals surface area contributed by atoms with E-state index >= 15 is 0 Å². The Morgan fingerprint density at radius 1 is 1.09 bits per heavy atom. The van der Waals surface area contributed by atoms with Crippen LogP contribution in [0, 0.1) is 0 Å². The fraction of sp³-hybridized carbons (Fsp3) is 0.231. The van der Waals surface area contributed by atoms with Gasteiger partial charge >= 0.3 is 10.2 Å². The Bertz CT molecular complexity index is 878. The lowest BCUT2D eigenvalue weighted by Gasteiger charge is -2.27. The van der Waals surface area contributed by atoms with Gasteiger partial charge in [0, 0.05) is 6.42 Å². The number of fused-ring (bicyclic) bond motifs is 1. The predicted molar refractivity (Wildman–Crippen MR) is 71.4 cm³/mol. The van der Waals surface area contributed by atoms with E-state index in [0.717, 1.165) is 18.2 Å². The summed E-state index contributed by atoms with van der Waals surface area (Å²) in [6.07, 6.45) is -0.0572. The molecule has 0 aliphatic carbocycles. The van der Waals surface area contributed by atoms with Crippen molar-refractivity contribution in [3.8, 4) is 0 Å². The fourth-order valence-electron chi connectivity index (χ4n) is 2.60. The standard InChI is InChI=1S/C13H9FN2O6S/c14-23(21,22)6-1-2-7-8(5-6)13(20)16(12(7)19)9-3-4-10(17)15-11(9)18/h1-2,5,9H,3-4H2,(H,15,17,18). The molecule has 8 nitrogen and oxygen atoms in total. The zero-order valence-corrected chi connectivity index (χ0v) is 12.2. The molecule has 23 heavy (non-hydrogen) atoms. The summed E-state index contributed by atoms with van der Waals surface area (Å²) in [4.78, 5) is 47.5. The number of nitrogens with zero attached hydrogens (tertiary/aromatic N) is 1. The summed E-state index contributed by atoms with van der Waals surface area (Å²) in [6, 6.07) is 1.49. The summed E-state index contributed by atoms with van der Waals surface area (Å²) >= 11 is 0. The molecular formula is C13H9FN2O6S. The molecule has 3 rings (SSSR count). The average Bonchev–Trinajstić information content (AvgIpc) is 2.71. The van der Waals surface area contributed by atoms with Gasteiger partial charge in [0.1, 0.15) is 6.04 Å². The largest absolute Gasteiger partial charge is 0.332 e. The Morgan fingerprint density at radius 3 is 2.35 bits per heavy atom. The Labute approximate surface area is 129 Å². The van der Waals surface area contributed by atoms with Crippen molar-refractivity contribution in [1.29, 1.82) is 0 Å². The van der Waals surface area contributed by atoms with Crippen LogP contribution in [0.15, 0.2) is 23.1 Å². The fourth-order valence-corrected chi connectivity index (χ4v) is 3.09. The minimum absolute atomic E-state index is 0.0234. The third-order valence-electron chi connectivity index (χ3n) is 3.69. The molecule has 2 aliphatic rings. The minimum atomic E-state index is -5.03. The maximum absolute atomic E-state index is 13.0. The Kier molecular flexibility index (Phi) is 3.29. The number of carbonyl (C=O) groups excluding carboxylic acids is 4. The molecule has 0 bridgehead atoms. The number of hydrogen-bond donors (Lipinski definition) is 1. The lowest BCUT2D eigenvalue weighted by Crippen LogP contribution is -2.54. The summed E-state index contributed by atoms with van der Waals surface area (Å²) in [5.41, 5.74) is -0.412. The van der Waals surface area contributed by atoms with Crippen LogP contribution >= 0.6 is 0 Å². The molecule has 1 aromatic rings. The number of nitrogens with one attached hydrogen (secondary N) is 1. The lowest BCUT2D eigenvalue weighted by atomic mass is 10.0. The number of piperidine rings is 1. The number of benzene rings is 1. The number of amides is 4. The summed E-state index contributed by atoms with van der Waals surface area (Å²) in [5.74, 6) is -2.98. The van der Waals surface area contributed by atoms with E-state index in [0.29, 0.717) is 4.90 Å². The predicted octanol–water partition coefficient (Wildman–Crippen LogP) is -0.254. The van der Waals surface area contributed by atoms with E-state index in [1.807, 2.05) is 5.32 Å². The number of imide groups is 2. The first kappa shape index (κ1) is 15.3. The van der Waals surface area contributed by atoms with E-state index < -0.39 is 44.8 Å². The van der Waals surface area contributed by atoms with Crippen molar-refractivity contribution in [2.45, 2.75) is 23.8 Å². The summed E-state index contributed by atoms with van der Waals surface area (Å²) in [5, 5.41) is 2.03. The molecule has 1 saturated heterocycles. The normalized spacial score (nSPS) is 21.4. The highest BCUT2D eigenvalue weighted by molar-refractivity contribution is 7.86. The van der Waals surface area contributed by atoms with Crippen molar-refractivity contribution in [3.63, 3.8) is 0 Å². The minimum Gasteiger partial charge on any atom is -0.295 e. The first-order valence-corrected chi connectivity index (χ1v) is 7.89. The molecule has 0 spiro atoms. The molecule has 2 heterocycles. The van der Waals surface area contributed by atoms with Gasteiger partial charge in [-0.25, -0.2) is 0 Å². The highest BCUT2D eigenvalue weighted by Gasteiger charge is 2.44. The van der Waals surface area contributed by atoms with Crippen LogP contribution in [0.5, 0.6) is 0 Å². The molecule has 4 amide bonds. The number of carbonyl (C=O) groups is 4. The molecule has 1 atom stereocenters. The summed E-state index contributed by atoms with van der Waals surface area (Å²) in [7, 11) is -5.03. The number of hydrogen-bond acceptors (Lipinski definition) is 6. The van der Waals surface area contributed by atoms with Gasteiger partial charge in [-0.2, -0.15) is 8.42 Å². The van der Waals surface area contributed by atoms with Crippen LogP contribution in [-0.2, 0) is 19.8 Å². The van der Waals surface area contributed by atoms with Crippen molar-refractivity contribution in [3.05, 3.63) is 29.3 Å². The quantitative estimate of drug-likeness (QED) is 0.586. The summed E-state index contributed by atoms with van der Waals surface area (Å²) in [6.45, 7) is 0. The highest BCUT2D eigenvalue weighted by atomic mass is 32.3. The van der Waals surface area contributed by atoms with Crippen molar-refractivity contribution >= 4 is 33.9 Å². The Hall–Kier alpha value is -2.62. The van der Waals surface area contributed by atoms with Gasteiger partial charge in [-0.3, -0.25) is 29.4 Å². The van der Waals surface area contributed by atoms with Gasteiger partial charge < -0.3 is 0 Å². The van der Waals surface area contributed by atoms with Crippen LogP contribution < -0.4 is 5.32 Å². The molecule has 0 saturated carbocycles. The van der Waals surface area contributed by atoms with Crippen LogP contribution in [0.1, 0.15) is 33.6 Å². The third-order valence-corrected chi connectivity index (χ3v) is 4.51. The maximum atomic E-state index is 13.0. The maximum Gasteiger partial charge on any atom is 0.332 e. The van der Waals surface area contributed by atoms with Gasteiger partial charge in [0.05, 0.1) is 16.0 Å². The highest BCUT2D eigenvalue weighted by Crippen LogP contribution is 2.29. The second-order valence-electron chi connectivity index (χ2n) is 5.09. The number of halogens is 1. The second-order valence-corrected chi connectivity index (χ2v) is 6.44. The van der Waals surface area contributed by atoms with E-state index in [2.05, 4.69) is 0 Å². The van der Waals surface area contributed by atoms with E-state index in [1.54, 1.807) is 0 Å². The molecule has 10 heteroatoms. The van der Waals surface area contributed by atoms with Crippen LogP contribution in [0.2, 0.25) is 0 Å². The SMILES string of the molecule is O=C1CCC(N2C(=O)c3ccc(S(=O)(=O)F)cc3C2=O)C(=O)N1. The smallest absolute Gasteiger partial charge is 0.295 e. The first-order chi connectivity index (χ1) is 10.7. The van der Waals surface area contributed by atoms with Crippen LogP contribution in [0.4, 0.5) is 3.89 Å². The summed E-state index contributed by atoms with van der Waals surface area (Å²) < 4.78 is 34.9. The molecule has 1 fully saturated rings. The topological polar surface area (TPSA) is 118 Å².